The van der Waals surface area contributed by atoms with Crippen molar-refractivity contribution in [1.82, 2.24) is 0 Å². The highest BCUT2D eigenvalue weighted by Crippen LogP contribution is 2.32. The molecule has 1 aliphatic rings. The standard InChI is InChI=1S/C17H12O3/c1-11(18)13-7-8-14-15(10-13)16(20-17(14)19)9-12-5-3-2-4-6-12/h2-10H,1H3/b16-9-. The maximum atomic E-state index is 11.8. The van der Waals surface area contributed by atoms with Gasteiger partial charge in [-0.05, 0) is 30.7 Å². The van der Waals surface area contributed by atoms with Crippen LogP contribution in [-0.4, -0.2) is 11.8 Å². The van der Waals surface area contributed by atoms with Gasteiger partial charge < -0.3 is 4.74 Å². The molecule has 0 aliphatic carbocycles. The Morgan fingerprint density at radius 1 is 1.05 bits per heavy atom. The molecule has 0 atom stereocenters. The minimum atomic E-state index is -0.378. The van der Waals surface area contributed by atoms with Gasteiger partial charge in [0, 0.05) is 11.1 Å². The third kappa shape index (κ3) is 2.14. The lowest BCUT2D eigenvalue weighted by Crippen LogP contribution is -1.96. The van der Waals surface area contributed by atoms with E-state index in [1.54, 1.807) is 24.3 Å². The smallest absolute Gasteiger partial charge is 0.344 e. The number of ketones is 1. The lowest BCUT2D eigenvalue weighted by molar-refractivity contribution is 0.0717. The van der Waals surface area contributed by atoms with Crippen LogP contribution in [0.5, 0.6) is 0 Å². The van der Waals surface area contributed by atoms with Gasteiger partial charge in [0.1, 0.15) is 5.76 Å². The number of carbonyl (C=O) groups is 2. The van der Waals surface area contributed by atoms with E-state index in [9.17, 15) is 9.59 Å². The second kappa shape index (κ2) is 4.78. The monoisotopic (exact) mass is 264 g/mol. The van der Waals surface area contributed by atoms with Crippen molar-refractivity contribution in [2.24, 2.45) is 0 Å². The van der Waals surface area contributed by atoms with Gasteiger partial charge in [-0.2, -0.15) is 0 Å². The molecule has 0 fully saturated rings. The molecule has 1 heterocycles. The molecule has 0 spiro atoms. The molecule has 3 heteroatoms. The number of Topliss-reactive ketones (excluding diaryl/α,β-unsaturated/α-hetero) is 1. The van der Waals surface area contributed by atoms with Crippen molar-refractivity contribution in [2.45, 2.75) is 6.92 Å². The van der Waals surface area contributed by atoms with Crippen LogP contribution >= 0.6 is 0 Å². The van der Waals surface area contributed by atoms with Gasteiger partial charge in [-0.1, -0.05) is 36.4 Å². The summed E-state index contributed by atoms with van der Waals surface area (Å²) < 4.78 is 5.28. The summed E-state index contributed by atoms with van der Waals surface area (Å²) in [6.07, 6.45) is 1.80. The molecule has 0 aromatic heterocycles. The summed E-state index contributed by atoms with van der Waals surface area (Å²) in [4.78, 5) is 23.2. The van der Waals surface area contributed by atoms with E-state index in [1.165, 1.54) is 6.92 Å². The molecule has 0 saturated carbocycles. The Kier molecular flexibility index (Phi) is 2.95. The first-order valence-corrected chi connectivity index (χ1v) is 6.29. The summed E-state index contributed by atoms with van der Waals surface area (Å²) in [5.41, 5.74) is 2.68. The second-order valence-electron chi connectivity index (χ2n) is 4.63. The fourth-order valence-electron chi connectivity index (χ4n) is 2.16. The number of benzene rings is 2. The van der Waals surface area contributed by atoms with Crippen molar-refractivity contribution in [2.75, 3.05) is 0 Å². The Labute approximate surface area is 116 Å². The van der Waals surface area contributed by atoms with Gasteiger partial charge >= 0.3 is 5.97 Å². The minimum absolute atomic E-state index is 0.0359. The number of esters is 1. The van der Waals surface area contributed by atoms with E-state index in [4.69, 9.17) is 4.74 Å². The fourth-order valence-corrected chi connectivity index (χ4v) is 2.16. The third-order valence-electron chi connectivity index (χ3n) is 3.21. The highest BCUT2D eigenvalue weighted by atomic mass is 16.5. The Bertz CT molecular complexity index is 727. The average Bonchev–Trinajstić information content (AvgIpc) is 2.76. The number of carbonyl (C=O) groups excluding carboxylic acids is 2. The minimum Gasteiger partial charge on any atom is -0.422 e. The van der Waals surface area contributed by atoms with E-state index in [0.717, 1.165) is 5.56 Å². The predicted molar refractivity (Wildman–Crippen MR) is 76.2 cm³/mol. The Balaban J connectivity index is 2.10. The first-order valence-electron chi connectivity index (χ1n) is 6.29. The fraction of sp³-hybridized carbons (Fsp3) is 0.0588. The Hall–Kier alpha value is -2.68. The molecular weight excluding hydrogens is 252 g/mol. The molecule has 1 aliphatic heterocycles. The van der Waals surface area contributed by atoms with E-state index in [0.29, 0.717) is 22.4 Å². The van der Waals surface area contributed by atoms with Crippen LogP contribution in [0.1, 0.15) is 38.8 Å². The summed E-state index contributed by atoms with van der Waals surface area (Å²) in [5, 5.41) is 0. The Morgan fingerprint density at radius 2 is 1.80 bits per heavy atom. The van der Waals surface area contributed by atoms with Crippen LogP contribution in [0, 0.1) is 0 Å². The zero-order chi connectivity index (χ0) is 14.1. The number of ether oxygens (including phenoxy) is 1. The molecular formula is C17H12O3. The molecule has 20 heavy (non-hydrogen) atoms. The second-order valence-corrected chi connectivity index (χ2v) is 4.63. The van der Waals surface area contributed by atoms with E-state index in [2.05, 4.69) is 0 Å². The quantitative estimate of drug-likeness (QED) is 0.615. The molecule has 2 aromatic carbocycles. The van der Waals surface area contributed by atoms with Crippen molar-refractivity contribution >= 4 is 23.6 Å². The van der Waals surface area contributed by atoms with Crippen LogP contribution in [-0.2, 0) is 4.74 Å². The first-order chi connectivity index (χ1) is 9.65. The van der Waals surface area contributed by atoms with Crippen molar-refractivity contribution in [1.29, 1.82) is 0 Å². The van der Waals surface area contributed by atoms with Crippen LogP contribution < -0.4 is 0 Å². The maximum absolute atomic E-state index is 11.8. The topological polar surface area (TPSA) is 43.4 Å². The van der Waals surface area contributed by atoms with E-state index >= 15 is 0 Å². The van der Waals surface area contributed by atoms with Gasteiger partial charge in [0.25, 0.3) is 0 Å². The van der Waals surface area contributed by atoms with Crippen molar-refractivity contribution < 1.29 is 14.3 Å². The third-order valence-corrected chi connectivity index (χ3v) is 3.21. The van der Waals surface area contributed by atoms with E-state index in [1.807, 2.05) is 30.3 Å². The zero-order valence-electron chi connectivity index (χ0n) is 10.9. The molecule has 3 rings (SSSR count). The van der Waals surface area contributed by atoms with Crippen molar-refractivity contribution in [3.05, 3.63) is 70.8 Å². The van der Waals surface area contributed by atoms with Crippen LogP contribution in [0.2, 0.25) is 0 Å². The van der Waals surface area contributed by atoms with Gasteiger partial charge in [0.2, 0.25) is 0 Å². The molecule has 0 bridgehead atoms. The number of hydrogen-bond acceptors (Lipinski definition) is 3. The van der Waals surface area contributed by atoms with Crippen molar-refractivity contribution in [3.63, 3.8) is 0 Å². The molecule has 0 amide bonds. The lowest BCUT2D eigenvalue weighted by Gasteiger charge is -2.01. The highest BCUT2D eigenvalue weighted by Gasteiger charge is 2.26. The normalized spacial score (nSPS) is 15.1. The molecule has 3 nitrogen and oxygen atoms in total. The average molecular weight is 264 g/mol. The van der Waals surface area contributed by atoms with Gasteiger partial charge in [-0.3, -0.25) is 4.79 Å². The summed E-state index contributed by atoms with van der Waals surface area (Å²) in [5.74, 6) is 0.0720. The lowest BCUT2D eigenvalue weighted by atomic mass is 10.0. The van der Waals surface area contributed by atoms with Crippen LogP contribution in [0.4, 0.5) is 0 Å². The van der Waals surface area contributed by atoms with Crippen LogP contribution in [0.25, 0.3) is 11.8 Å². The molecule has 0 N–H and O–H groups in total. The molecule has 0 radical (unpaired) electrons. The highest BCUT2D eigenvalue weighted by molar-refractivity contribution is 6.07. The Morgan fingerprint density at radius 3 is 2.50 bits per heavy atom. The summed E-state index contributed by atoms with van der Waals surface area (Å²) in [7, 11) is 0. The van der Waals surface area contributed by atoms with Gasteiger partial charge in [-0.25, -0.2) is 4.79 Å². The van der Waals surface area contributed by atoms with Crippen molar-refractivity contribution in [3.8, 4) is 0 Å². The zero-order valence-corrected chi connectivity index (χ0v) is 10.9. The summed E-state index contributed by atoms with van der Waals surface area (Å²) >= 11 is 0. The number of rotatable bonds is 2. The summed E-state index contributed by atoms with van der Waals surface area (Å²) in [6, 6.07) is 14.6. The van der Waals surface area contributed by atoms with Gasteiger partial charge in [-0.15, -0.1) is 0 Å². The van der Waals surface area contributed by atoms with E-state index in [-0.39, 0.29) is 11.8 Å². The number of cyclic esters (lactones) is 1. The molecule has 2 aromatic rings. The maximum Gasteiger partial charge on any atom is 0.344 e. The number of hydrogen-bond donors (Lipinski definition) is 0. The largest absolute Gasteiger partial charge is 0.422 e. The van der Waals surface area contributed by atoms with Crippen LogP contribution in [0.15, 0.2) is 48.5 Å². The predicted octanol–water partition coefficient (Wildman–Crippen LogP) is 3.56. The van der Waals surface area contributed by atoms with E-state index < -0.39 is 0 Å². The first kappa shape index (κ1) is 12.4. The number of fused-ring (bicyclic) bond motifs is 1. The SMILES string of the molecule is CC(=O)c1ccc2c(c1)/C(=C/c1ccccc1)OC2=O. The molecule has 0 saturated heterocycles. The molecule has 0 unspecified atom stereocenters. The van der Waals surface area contributed by atoms with Gasteiger partial charge in [0.05, 0.1) is 5.56 Å². The van der Waals surface area contributed by atoms with Crippen LogP contribution in [0.3, 0.4) is 0 Å². The molecule has 98 valence electrons. The summed E-state index contributed by atoms with van der Waals surface area (Å²) in [6.45, 7) is 1.50. The van der Waals surface area contributed by atoms with Gasteiger partial charge in [0.15, 0.2) is 5.78 Å².